The van der Waals surface area contributed by atoms with Crippen molar-refractivity contribution in [2.75, 3.05) is 5.32 Å². The summed E-state index contributed by atoms with van der Waals surface area (Å²) in [6.07, 6.45) is 1.08. The summed E-state index contributed by atoms with van der Waals surface area (Å²) in [6.45, 7) is 0. The van der Waals surface area contributed by atoms with E-state index in [0.29, 0.717) is 0 Å². The molecule has 1 heterocycles. The van der Waals surface area contributed by atoms with Crippen LogP contribution in [0.15, 0.2) is 36.5 Å². The molecule has 0 atom stereocenters. The number of hydrogen-bond acceptors (Lipinski definition) is 3. The highest BCUT2D eigenvalue weighted by Gasteiger charge is 2.17. The molecule has 0 saturated heterocycles. The Balaban J connectivity index is 2.21. The van der Waals surface area contributed by atoms with Gasteiger partial charge in [-0.25, -0.2) is 18.6 Å². The van der Waals surface area contributed by atoms with E-state index in [1.165, 1.54) is 6.07 Å². The number of carbonyl (C=O) groups is 2. The Morgan fingerprint density at radius 2 is 1.75 bits per heavy atom. The van der Waals surface area contributed by atoms with Crippen molar-refractivity contribution in [2.24, 2.45) is 0 Å². The van der Waals surface area contributed by atoms with Gasteiger partial charge < -0.3 is 10.4 Å². The number of carboxylic acid groups (broad SMARTS) is 1. The zero-order valence-electron chi connectivity index (χ0n) is 9.93. The van der Waals surface area contributed by atoms with Crippen LogP contribution in [-0.2, 0) is 0 Å². The third kappa shape index (κ3) is 2.77. The highest BCUT2D eigenvalue weighted by molar-refractivity contribution is 6.04. The van der Waals surface area contributed by atoms with E-state index in [9.17, 15) is 18.4 Å². The summed E-state index contributed by atoms with van der Waals surface area (Å²) >= 11 is 0. The number of nitrogens with one attached hydrogen (secondary N) is 1. The van der Waals surface area contributed by atoms with Gasteiger partial charge in [0.1, 0.15) is 22.9 Å². The summed E-state index contributed by atoms with van der Waals surface area (Å²) in [4.78, 5) is 25.9. The summed E-state index contributed by atoms with van der Waals surface area (Å²) in [5, 5.41) is 10.9. The van der Waals surface area contributed by atoms with E-state index in [2.05, 4.69) is 10.3 Å². The van der Waals surface area contributed by atoms with Crippen molar-refractivity contribution in [1.29, 1.82) is 0 Å². The predicted octanol–water partition coefficient (Wildman–Crippen LogP) is 2.31. The van der Waals surface area contributed by atoms with Gasteiger partial charge >= 0.3 is 5.97 Å². The first-order chi connectivity index (χ1) is 9.49. The normalized spacial score (nSPS) is 10.1. The number of nitrogens with zero attached hydrogens (tertiary/aromatic N) is 1. The van der Waals surface area contributed by atoms with E-state index in [1.54, 1.807) is 0 Å². The van der Waals surface area contributed by atoms with Gasteiger partial charge in [0.2, 0.25) is 0 Å². The Morgan fingerprint density at radius 3 is 2.25 bits per heavy atom. The molecule has 1 amide bonds. The number of benzene rings is 1. The van der Waals surface area contributed by atoms with Crippen LogP contribution in [0.5, 0.6) is 0 Å². The van der Waals surface area contributed by atoms with Crippen molar-refractivity contribution in [3.63, 3.8) is 0 Å². The van der Waals surface area contributed by atoms with Crippen molar-refractivity contribution in [2.45, 2.75) is 0 Å². The van der Waals surface area contributed by atoms with Gasteiger partial charge in [-0.05, 0) is 24.3 Å². The molecule has 1 aromatic carbocycles. The van der Waals surface area contributed by atoms with Crippen molar-refractivity contribution in [3.8, 4) is 0 Å². The number of hydrogen-bond donors (Lipinski definition) is 2. The maximum Gasteiger partial charge on any atom is 0.354 e. The highest BCUT2D eigenvalue weighted by atomic mass is 19.1. The van der Waals surface area contributed by atoms with Crippen LogP contribution in [0.3, 0.4) is 0 Å². The zero-order valence-corrected chi connectivity index (χ0v) is 9.93. The minimum atomic E-state index is -1.22. The molecular formula is C13H8F2N2O3. The molecule has 0 aliphatic rings. The third-order valence-corrected chi connectivity index (χ3v) is 2.43. The van der Waals surface area contributed by atoms with Crippen LogP contribution < -0.4 is 5.32 Å². The van der Waals surface area contributed by atoms with Gasteiger partial charge in [-0.1, -0.05) is 6.07 Å². The number of carbonyl (C=O) groups excluding carboxylic acids is 1. The fourth-order valence-corrected chi connectivity index (χ4v) is 1.50. The van der Waals surface area contributed by atoms with Crippen molar-refractivity contribution < 1.29 is 23.5 Å². The summed E-state index contributed by atoms with van der Waals surface area (Å²) in [7, 11) is 0. The van der Waals surface area contributed by atoms with Crippen LogP contribution in [0.25, 0.3) is 0 Å². The van der Waals surface area contributed by atoms with E-state index in [-0.39, 0.29) is 11.4 Å². The molecule has 0 spiro atoms. The van der Waals surface area contributed by atoms with E-state index in [1.807, 2.05) is 0 Å². The summed E-state index contributed by atoms with van der Waals surface area (Å²) in [6, 6.07) is 5.50. The fourth-order valence-electron chi connectivity index (χ4n) is 1.50. The van der Waals surface area contributed by atoms with Crippen LogP contribution in [0.2, 0.25) is 0 Å². The largest absolute Gasteiger partial charge is 0.477 e. The maximum absolute atomic E-state index is 13.4. The average Bonchev–Trinajstić information content (AvgIpc) is 2.39. The van der Waals surface area contributed by atoms with E-state index in [4.69, 9.17) is 5.11 Å². The first kappa shape index (κ1) is 13.6. The lowest BCUT2D eigenvalue weighted by Crippen LogP contribution is -2.16. The van der Waals surface area contributed by atoms with Crippen LogP contribution in [0, 0.1) is 11.6 Å². The fraction of sp³-hybridized carbons (Fsp3) is 0. The second-order valence-electron chi connectivity index (χ2n) is 3.79. The highest BCUT2D eigenvalue weighted by Crippen LogP contribution is 2.15. The quantitative estimate of drug-likeness (QED) is 0.903. The van der Waals surface area contributed by atoms with Crippen LogP contribution >= 0.6 is 0 Å². The van der Waals surface area contributed by atoms with E-state index >= 15 is 0 Å². The number of carboxylic acids is 1. The molecule has 2 N–H and O–H groups in total. The Morgan fingerprint density at radius 1 is 1.10 bits per heavy atom. The molecule has 5 nitrogen and oxygen atoms in total. The molecule has 0 unspecified atom stereocenters. The minimum absolute atomic E-state index is 0.127. The van der Waals surface area contributed by atoms with Crippen molar-refractivity contribution in [1.82, 2.24) is 4.98 Å². The molecule has 2 rings (SSSR count). The Bertz CT molecular complexity index is 652. The lowest BCUT2D eigenvalue weighted by atomic mass is 10.2. The number of rotatable bonds is 3. The van der Waals surface area contributed by atoms with Gasteiger partial charge in [0.15, 0.2) is 0 Å². The molecule has 1 aromatic heterocycles. The molecule has 0 bridgehead atoms. The standard InChI is InChI=1S/C13H8F2N2O3/c14-8-2-1-3-9(15)11(8)12(18)17-7-4-5-10(13(19)20)16-6-7/h1-6H,(H,17,18)(H,19,20). The van der Waals surface area contributed by atoms with Gasteiger partial charge in [-0.2, -0.15) is 0 Å². The third-order valence-electron chi connectivity index (χ3n) is 2.43. The second-order valence-corrected chi connectivity index (χ2v) is 3.79. The predicted molar refractivity (Wildman–Crippen MR) is 65.5 cm³/mol. The van der Waals surface area contributed by atoms with E-state index < -0.39 is 29.1 Å². The molecule has 20 heavy (non-hydrogen) atoms. The Labute approximate surface area is 111 Å². The van der Waals surface area contributed by atoms with Crippen molar-refractivity contribution >= 4 is 17.6 Å². The van der Waals surface area contributed by atoms with Gasteiger partial charge in [-0.3, -0.25) is 4.79 Å². The number of halogens is 2. The smallest absolute Gasteiger partial charge is 0.354 e. The van der Waals surface area contributed by atoms with Gasteiger partial charge in [0.05, 0.1) is 11.9 Å². The molecule has 0 saturated carbocycles. The molecule has 102 valence electrons. The Kier molecular flexibility index (Phi) is 3.69. The maximum atomic E-state index is 13.4. The minimum Gasteiger partial charge on any atom is -0.477 e. The van der Waals surface area contributed by atoms with Crippen molar-refractivity contribution in [3.05, 3.63) is 59.4 Å². The molecule has 0 fully saturated rings. The van der Waals surface area contributed by atoms with Crippen LogP contribution in [0.4, 0.5) is 14.5 Å². The number of aromatic nitrogens is 1. The molecule has 0 radical (unpaired) electrons. The van der Waals surface area contributed by atoms with Gasteiger partial charge in [0.25, 0.3) is 5.91 Å². The van der Waals surface area contributed by atoms with Gasteiger partial charge in [-0.15, -0.1) is 0 Å². The molecule has 0 aliphatic heterocycles. The number of aromatic carboxylic acids is 1. The molecular weight excluding hydrogens is 270 g/mol. The summed E-state index contributed by atoms with van der Waals surface area (Å²) < 4.78 is 26.8. The summed E-state index contributed by atoms with van der Waals surface area (Å²) in [5.41, 5.74) is -0.794. The SMILES string of the molecule is O=C(O)c1ccc(NC(=O)c2c(F)cccc2F)cn1. The molecule has 2 aromatic rings. The number of amides is 1. The number of anilines is 1. The molecule has 0 aliphatic carbocycles. The zero-order chi connectivity index (χ0) is 14.7. The average molecular weight is 278 g/mol. The van der Waals surface area contributed by atoms with Gasteiger partial charge in [0, 0.05) is 0 Å². The van der Waals surface area contributed by atoms with Crippen LogP contribution in [-0.4, -0.2) is 22.0 Å². The second kappa shape index (κ2) is 5.43. The first-order valence-electron chi connectivity index (χ1n) is 5.44. The molecule has 7 heteroatoms. The first-order valence-corrected chi connectivity index (χ1v) is 5.44. The van der Waals surface area contributed by atoms with E-state index in [0.717, 1.165) is 30.5 Å². The topological polar surface area (TPSA) is 79.3 Å². The lowest BCUT2D eigenvalue weighted by Gasteiger charge is -2.06. The lowest BCUT2D eigenvalue weighted by molar-refractivity contribution is 0.0690. The Hall–Kier alpha value is -2.83. The van der Waals surface area contributed by atoms with Crippen LogP contribution in [0.1, 0.15) is 20.8 Å². The number of pyridine rings is 1. The summed E-state index contributed by atoms with van der Waals surface area (Å²) in [5.74, 6) is -4.18. The monoisotopic (exact) mass is 278 g/mol.